The van der Waals surface area contributed by atoms with Gasteiger partial charge in [-0.1, -0.05) is 25.0 Å². The van der Waals surface area contributed by atoms with Crippen LogP contribution in [0.5, 0.6) is 0 Å². The number of terminal acetylenes is 1. The fourth-order valence-corrected chi connectivity index (χ4v) is 5.66. The van der Waals surface area contributed by atoms with Crippen LogP contribution in [0.15, 0.2) is 30.3 Å². The number of rotatable bonds is 4. The van der Waals surface area contributed by atoms with Gasteiger partial charge in [-0.3, -0.25) is 4.79 Å². The van der Waals surface area contributed by atoms with E-state index in [1.807, 2.05) is 35.2 Å². The lowest BCUT2D eigenvalue weighted by atomic mass is 9.90. The Morgan fingerprint density at radius 3 is 2.75 bits per heavy atom. The third kappa shape index (κ3) is 4.28. The minimum Gasteiger partial charge on any atom is -0.453 e. The number of hydrogen-bond donors (Lipinski definition) is 2. The molecule has 36 heavy (non-hydrogen) atoms. The first-order valence-electron chi connectivity index (χ1n) is 12.5. The fraction of sp³-hybridized carbons (Fsp3) is 0.464. The lowest BCUT2D eigenvalue weighted by molar-refractivity contribution is -0.139. The first-order valence-corrected chi connectivity index (χ1v) is 12.5. The van der Waals surface area contributed by atoms with E-state index in [1.54, 1.807) is 0 Å². The predicted molar refractivity (Wildman–Crippen MR) is 137 cm³/mol. The Kier molecular flexibility index (Phi) is 6.59. The number of aromatic nitrogens is 2. The predicted octanol–water partition coefficient (Wildman–Crippen LogP) is 4.15. The third-order valence-electron chi connectivity index (χ3n) is 7.88. The van der Waals surface area contributed by atoms with Gasteiger partial charge in [0.05, 0.1) is 24.2 Å². The summed E-state index contributed by atoms with van der Waals surface area (Å²) in [6.07, 6.45) is 7.17. The molecule has 2 saturated heterocycles. The van der Waals surface area contributed by atoms with E-state index in [1.165, 1.54) is 7.11 Å². The molecule has 2 amide bonds. The first kappa shape index (κ1) is 24.1. The number of hydrogen-bond acceptors (Lipinski definition) is 5. The van der Waals surface area contributed by atoms with Gasteiger partial charge in [-0.15, -0.1) is 6.42 Å². The molecule has 0 spiro atoms. The van der Waals surface area contributed by atoms with Crippen LogP contribution in [0.3, 0.4) is 0 Å². The standard InChI is InChI=1S/C28H32N4O4/c1-5-18-6-8-21-20(15-18)7-9-22-25(21)30-26(29-22)23-14-16(2)17(3)32(23)27(33)24(31-28(34)35-4)19-10-12-36-13-11-19/h1,6-9,15-17,19,23-24H,10-14H2,2-4H3,(H,29,30)(H,31,34)/t16-,17?,23+,24+/m1/s1. The molecular formula is C28H32N4O4. The van der Waals surface area contributed by atoms with Crippen molar-refractivity contribution < 1.29 is 19.1 Å². The number of nitrogens with zero attached hydrogens (tertiary/aromatic N) is 2. The zero-order valence-electron chi connectivity index (χ0n) is 20.9. The molecule has 2 aromatic carbocycles. The molecule has 0 radical (unpaired) electrons. The number of carbonyl (C=O) groups is 2. The lowest BCUT2D eigenvalue weighted by Crippen LogP contribution is -2.54. The normalized spacial score (nSPS) is 23.5. The molecule has 2 aliphatic rings. The van der Waals surface area contributed by atoms with Gasteiger partial charge >= 0.3 is 6.09 Å². The van der Waals surface area contributed by atoms with E-state index in [0.29, 0.717) is 26.1 Å². The summed E-state index contributed by atoms with van der Waals surface area (Å²) >= 11 is 0. The van der Waals surface area contributed by atoms with Crippen molar-refractivity contribution in [2.24, 2.45) is 11.8 Å². The largest absolute Gasteiger partial charge is 0.453 e. The summed E-state index contributed by atoms with van der Waals surface area (Å²) in [7, 11) is 1.31. The molecule has 8 nitrogen and oxygen atoms in total. The van der Waals surface area contributed by atoms with Crippen molar-refractivity contribution in [2.75, 3.05) is 20.3 Å². The fourth-order valence-electron chi connectivity index (χ4n) is 5.66. The number of amides is 2. The molecule has 8 heteroatoms. The highest BCUT2D eigenvalue weighted by atomic mass is 16.5. The average molecular weight is 489 g/mol. The Morgan fingerprint density at radius 2 is 2.03 bits per heavy atom. The Labute approximate surface area is 210 Å². The number of methoxy groups -OCH3 is 1. The molecule has 2 aliphatic heterocycles. The van der Waals surface area contributed by atoms with Gasteiger partial charge in [0, 0.05) is 30.2 Å². The Hall–Kier alpha value is -3.57. The van der Waals surface area contributed by atoms with Crippen molar-refractivity contribution in [3.63, 3.8) is 0 Å². The Morgan fingerprint density at radius 1 is 1.25 bits per heavy atom. The summed E-state index contributed by atoms with van der Waals surface area (Å²) in [5.41, 5.74) is 2.60. The maximum absolute atomic E-state index is 14.1. The number of H-pyrrole nitrogens is 1. The van der Waals surface area contributed by atoms with Crippen molar-refractivity contribution in [3.8, 4) is 12.3 Å². The van der Waals surface area contributed by atoms with Crippen molar-refractivity contribution in [2.45, 2.75) is 51.2 Å². The second-order valence-electron chi connectivity index (χ2n) is 9.94. The van der Waals surface area contributed by atoms with Gasteiger partial charge < -0.3 is 24.7 Å². The number of fused-ring (bicyclic) bond motifs is 3. The number of nitrogens with one attached hydrogen (secondary N) is 2. The van der Waals surface area contributed by atoms with Gasteiger partial charge in [0.1, 0.15) is 11.9 Å². The summed E-state index contributed by atoms with van der Waals surface area (Å²) < 4.78 is 10.4. The highest BCUT2D eigenvalue weighted by molar-refractivity contribution is 6.04. The molecule has 4 atom stereocenters. The lowest BCUT2D eigenvalue weighted by Gasteiger charge is -2.36. The number of ether oxygens (including phenoxy) is 2. The molecule has 2 N–H and O–H groups in total. The summed E-state index contributed by atoms with van der Waals surface area (Å²) in [5.74, 6) is 3.60. The molecule has 0 saturated carbocycles. The van der Waals surface area contributed by atoms with Gasteiger partial charge in [0.15, 0.2) is 0 Å². The average Bonchev–Trinajstić information content (AvgIpc) is 3.47. The molecule has 3 aromatic rings. The van der Waals surface area contributed by atoms with E-state index < -0.39 is 12.1 Å². The highest BCUT2D eigenvalue weighted by Gasteiger charge is 2.45. The van der Waals surface area contributed by atoms with Crippen molar-refractivity contribution in [3.05, 3.63) is 41.7 Å². The SMILES string of the molecule is C#Cc1ccc2c(ccc3[nH]c([C@@H]4C[C@@H](C)C(C)N4C(=O)[C@@H](NC(=O)OC)C4CCOCC4)nc32)c1. The maximum Gasteiger partial charge on any atom is 0.407 e. The van der Waals surface area contributed by atoms with Crippen molar-refractivity contribution in [1.82, 2.24) is 20.2 Å². The molecular weight excluding hydrogens is 456 g/mol. The van der Waals surface area contributed by atoms with Crippen LogP contribution >= 0.6 is 0 Å². The first-order chi connectivity index (χ1) is 17.4. The number of alkyl carbamates (subject to hydrolysis) is 1. The van der Waals surface area contributed by atoms with Crippen LogP contribution in [0.25, 0.3) is 21.8 Å². The van der Waals surface area contributed by atoms with Crippen molar-refractivity contribution in [1.29, 1.82) is 0 Å². The van der Waals surface area contributed by atoms with E-state index in [0.717, 1.165) is 39.6 Å². The third-order valence-corrected chi connectivity index (χ3v) is 7.88. The Balaban J connectivity index is 1.52. The molecule has 5 rings (SSSR count). The quantitative estimate of drug-likeness (QED) is 0.538. The van der Waals surface area contributed by atoms with Crippen LogP contribution in [-0.2, 0) is 14.3 Å². The molecule has 1 unspecified atom stereocenters. The number of benzene rings is 2. The van der Waals surface area contributed by atoms with Crippen molar-refractivity contribution >= 4 is 33.8 Å². The number of carbonyl (C=O) groups excluding carboxylic acids is 2. The molecule has 1 aromatic heterocycles. The van der Waals surface area contributed by atoms with E-state index in [4.69, 9.17) is 20.9 Å². The molecule has 188 valence electrons. The molecule has 0 aliphatic carbocycles. The minimum atomic E-state index is -0.677. The van der Waals surface area contributed by atoms with E-state index >= 15 is 0 Å². The topological polar surface area (TPSA) is 96.6 Å². The van der Waals surface area contributed by atoms with Gasteiger partial charge in [-0.05, 0) is 61.6 Å². The highest BCUT2D eigenvalue weighted by Crippen LogP contribution is 2.41. The monoisotopic (exact) mass is 488 g/mol. The van der Waals surface area contributed by atoms with Crippen LogP contribution in [0.1, 0.15) is 50.5 Å². The van der Waals surface area contributed by atoms with Gasteiger partial charge in [0.2, 0.25) is 5.91 Å². The summed E-state index contributed by atoms with van der Waals surface area (Å²) in [6, 6.07) is 9.03. The van der Waals surface area contributed by atoms with Crippen LogP contribution in [0, 0.1) is 24.2 Å². The van der Waals surface area contributed by atoms with Crippen LogP contribution in [0.4, 0.5) is 4.79 Å². The van der Waals surface area contributed by atoms with Crippen LogP contribution in [-0.4, -0.2) is 59.3 Å². The second-order valence-corrected chi connectivity index (χ2v) is 9.94. The summed E-state index contributed by atoms with van der Waals surface area (Å²) in [5, 5.41) is 4.87. The molecule has 0 bridgehead atoms. The van der Waals surface area contributed by atoms with Crippen LogP contribution < -0.4 is 5.32 Å². The summed E-state index contributed by atoms with van der Waals surface area (Å²) in [6.45, 7) is 5.37. The number of aromatic amines is 1. The smallest absolute Gasteiger partial charge is 0.407 e. The van der Waals surface area contributed by atoms with Crippen LogP contribution in [0.2, 0.25) is 0 Å². The van der Waals surface area contributed by atoms with E-state index in [9.17, 15) is 9.59 Å². The van der Waals surface area contributed by atoms with Gasteiger partial charge in [-0.2, -0.15) is 0 Å². The molecule has 3 heterocycles. The minimum absolute atomic E-state index is 0.00701. The van der Waals surface area contributed by atoms with E-state index in [2.05, 4.69) is 30.1 Å². The number of imidazole rings is 1. The van der Waals surface area contributed by atoms with Gasteiger partial charge in [0.25, 0.3) is 0 Å². The van der Waals surface area contributed by atoms with E-state index in [-0.39, 0.29) is 29.8 Å². The maximum atomic E-state index is 14.1. The van der Waals surface area contributed by atoms with Gasteiger partial charge in [-0.25, -0.2) is 9.78 Å². The zero-order valence-corrected chi connectivity index (χ0v) is 20.9. The zero-order chi connectivity index (χ0) is 25.4. The number of likely N-dealkylation sites (tertiary alicyclic amines) is 1. The second kappa shape index (κ2) is 9.82. The Bertz CT molecular complexity index is 1340. The summed E-state index contributed by atoms with van der Waals surface area (Å²) in [4.78, 5) is 36.7. The molecule has 2 fully saturated rings.